The van der Waals surface area contributed by atoms with Crippen LogP contribution in [-0.2, 0) is 6.18 Å². The Balaban J connectivity index is 2.58. The molecule has 1 rings (SSSR count). The summed E-state index contributed by atoms with van der Waals surface area (Å²) in [5.41, 5.74) is -0.738. The van der Waals surface area contributed by atoms with E-state index in [1.165, 1.54) is 12.1 Å². The van der Waals surface area contributed by atoms with Crippen LogP contribution in [0.1, 0.15) is 5.56 Å². The Hall–Kier alpha value is -0.940. The summed E-state index contributed by atoms with van der Waals surface area (Å²) < 4.78 is 41.6. The second-order valence-corrected chi connectivity index (χ2v) is 3.45. The molecule has 1 aromatic rings. The number of hydrogen-bond donors (Lipinski definition) is 1. The predicted octanol–water partition coefficient (Wildman–Crippen LogP) is 2.68. The van der Waals surface area contributed by atoms with Crippen LogP contribution in [0.4, 0.5) is 13.2 Å². The predicted molar refractivity (Wildman–Crippen MR) is 53.7 cm³/mol. The number of halogens is 4. The van der Waals surface area contributed by atoms with Crippen LogP contribution in [0.2, 0.25) is 0 Å². The molecule has 0 aromatic heterocycles. The third-order valence-corrected chi connectivity index (χ3v) is 2.16. The molecular weight excluding hydrogens is 245 g/mol. The molecule has 1 atom stereocenters. The van der Waals surface area contributed by atoms with Gasteiger partial charge in [0.2, 0.25) is 0 Å². The van der Waals surface area contributed by atoms with Gasteiger partial charge in [0.05, 0.1) is 11.4 Å². The normalized spacial score (nSPS) is 13.6. The Morgan fingerprint density at radius 2 is 1.81 bits per heavy atom. The van der Waals surface area contributed by atoms with Crippen LogP contribution in [0.3, 0.4) is 0 Å². The third-order valence-electron chi connectivity index (χ3n) is 1.80. The van der Waals surface area contributed by atoms with Gasteiger partial charge in [-0.3, -0.25) is 0 Å². The van der Waals surface area contributed by atoms with E-state index in [4.69, 9.17) is 21.4 Å². The number of aliphatic hydroxyl groups excluding tert-OH is 1. The molecule has 0 saturated carbocycles. The Kier molecular flexibility index (Phi) is 4.44. The van der Waals surface area contributed by atoms with Crippen LogP contribution in [0, 0.1) is 0 Å². The fourth-order valence-electron chi connectivity index (χ4n) is 0.977. The van der Waals surface area contributed by atoms with Gasteiger partial charge in [-0.2, -0.15) is 13.2 Å². The molecule has 0 saturated heterocycles. The van der Waals surface area contributed by atoms with E-state index in [0.717, 1.165) is 12.1 Å². The van der Waals surface area contributed by atoms with Crippen LogP contribution >= 0.6 is 11.6 Å². The molecule has 2 nitrogen and oxygen atoms in total. The van der Waals surface area contributed by atoms with Crippen LogP contribution in [0.15, 0.2) is 24.3 Å². The van der Waals surface area contributed by atoms with E-state index in [1.54, 1.807) is 0 Å². The van der Waals surface area contributed by atoms with Crippen molar-refractivity contribution in [2.45, 2.75) is 12.3 Å². The lowest BCUT2D eigenvalue weighted by atomic mass is 10.2. The molecule has 1 aromatic carbocycles. The highest BCUT2D eigenvalue weighted by Gasteiger charge is 2.29. The summed E-state index contributed by atoms with van der Waals surface area (Å²) in [7, 11) is 0. The largest absolute Gasteiger partial charge is 0.491 e. The Morgan fingerprint density at radius 3 is 2.25 bits per heavy atom. The van der Waals surface area contributed by atoms with Gasteiger partial charge >= 0.3 is 6.18 Å². The maximum atomic E-state index is 12.2. The van der Waals surface area contributed by atoms with Gasteiger partial charge in [-0.15, -0.1) is 11.6 Å². The summed E-state index contributed by atoms with van der Waals surface area (Å²) in [6.07, 6.45) is -5.18. The van der Waals surface area contributed by atoms with Crippen molar-refractivity contribution in [1.29, 1.82) is 0 Å². The highest BCUT2D eigenvalue weighted by Crippen LogP contribution is 2.30. The second-order valence-electron chi connectivity index (χ2n) is 3.14. The van der Waals surface area contributed by atoms with Crippen molar-refractivity contribution in [3.63, 3.8) is 0 Å². The molecule has 16 heavy (non-hydrogen) atoms. The number of aliphatic hydroxyl groups is 1. The zero-order chi connectivity index (χ0) is 12.2. The monoisotopic (exact) mass is 254 g/mol. The molecule has 0 bridgehead atoms. The van der Waals surface area contributed by atoms with Crippen molar-refractivity contribution < 1.29 is 23.0 Å². The summed E-state index contributed by atoms with van der Waals surface area (Å²) >= 11 is 5.32. The maximum Gasteiger partial charge on any atom is 0.416 e. The summed E-state index contributed by atoms with van der Waals surface area (Å²) in [4.78, 5) is 0. The first-order valence-electron chi connectivity index (χ1n) is 4.47. The van der Waals surface area contributed by atoms with Crippen molar-refractivity contribution in [2.24, 2.45) is 0 Å². The van der Waals surface area contributed by atoms with E-state index < -0.39 is 17.8 Å². The fraction of sp³-hybridized carbons (Fsp3) is 0.400. The Labute approximate surface area is 95.6 Å². The summed E-state index contributed by atoms with van der Waals surface area (Å²) in [6.45, 7) is -0.0468. The van der Waals surface area contributed by atoms with Gasteiger partial charge < -0.3 is 9.84 Å². The molecule has 90 valence electrons. The highest BCUT2D eigenvalue weighted by molar-refractivity contribution is 6.18. The molecule has 0 aliphatic rings. The van der Waals surface area contributed by atoms with Crippen LogP contribution < -0.4 is 4.74 Å². The molecule has 1 N–H and O–H groups in total. The zero-order valence-electron chi connectivity index (χ0n) is 8.17. The molecule has 0 fully saturated rings. The standard InChI is InChI=1S/C10H10ClF3O2/c11-5-8(15)6-16-9-3-1-7(2-4-9)10(12,13)14/h1-4,8,15H,5-6H2. The lowest BCUT2D eigenvalue weighted by Gasteiger charge is -2.11. The average Bonchev–Trinajstić information content (AvgIpc) is 2.25. The first kappa shape index (κ1) is 13.1. The minimum absolute atomic E-state index is 0.0145. The first-order chi connectivity index (χ1) is 7.43. The quantitative estimate of drug-likeness (QED) is 0.837. The SMILES string of the molecule is OC(CCl)COc1ccc(C(F)(F)F)cc1. The number of benzene rings is 1. The molecule has 0 amide bonds. The molecule has 0 heterocycles. The van der Waals surface area contributed by atoms with Gasteiger partial charge in [-0.1, -0.05) is 0 Å². The van der Waals surface area contributed by atoms with Crippen molar-refractivity contribution in [3.8, 4) is 5.75 Å². The number of hydrogen-bond acceptors (Lipinski definition) is 2. The summed E-state index contributed by atoms with van der Waals surface area (Å²) in [5, 5.41) is 9.07. The zero-order valence-corrected chi connectivity index (χ0v) is 8.92. The van der Waals surface area contributed by atoms with Gasteiger partial charge in [-0.25, -0.2) is 0 Å². The van der Waals surface area contributed by atoms with E-state index >= 15 is 0 Å². The first-order valence-corrected chi connectivity index (χ1v) is 5.01. The van der Waals surface area contributed by atoms with Gasteiger partial charge in [0.1, 0.15) is 18.5 Å². The number of rotatable bonds is 4. The minimum Gasteiger partial charge on any atom is -0.491 e. The average molecular weight is 255 g/mol. The molecule has 1 unspecified atom stereocenters. The third kappa shape index (κ3) is 3.90. The van der Waals surface area contributed by atoms with Gasteiger partial charge in [0.25, 0.3) is 0 Å². The van der Waals surface area contributed by atoms with Crippen LogP contribution in [0.5, 0.6) is 5.75 Å². The van der Waals surface area contributed by atoms with Crippen molar-refractivity contribution in [1.82, 2.24) is 0 Å². The van der Waals surface area contributed by atoms with Gasteiger partial charge in [0.15, 0.2) is 0 Å². The smallest absolute Gasteiger partial charge is 0.416 e. The van der Waals surface area contributed by atoms with E-state index in [9.17, 15) is 13.2 Å². The van der Waals surface area contributed by atoms with E-state index in [0.29, 0.717) is 0 Å². The fourth-order valence-corrected chi connectivity index (χ4v) is 1.07. The number of alkyl halides is 4. The Bertz CT molecular complexity index is 324. The van der Waals surface area contributed by atoms with Crippen molar-refractivity contribution in [2.75, 3.05) is 12.5 Å². The maximum absolute atomic E-state index is 12.2. The topological polar surface area (TPSA) is 29.5 Å². The second kappa shape index (κ2) is 5.41. The van der Waals surface area contributed by atoms with E-state index in [2.05, 4.69) is 0 Å². The molecule has 0 aliphatic carbocycles. The Morgan fingerprint density at radius 1 is 1.25 bits per heavy atom. The molecular formula is C10H10ClF3O2. The minimum atomic E-state index is -4.35. The molecule has 6 heteroatoms. The van der Waals surface area contributed by atoms with Crippen molar-refractivity contribution in [3.05, 3.63) is 29.8 Å². The lowest BCUT2D eigenvalue weighted by molar-refractivity contribution is -0.137. The van der Waals surface area contributed by atoms with Crippen LogP contribution in [0.25, 0.3) is 0 Å². The van der Waals surface area contributed by atoms with E-state index in [-0.39, 0.29) is 18.2 Å². The molecule has 0 radical (unpaired) electrons. The lowest BCUT2D eigenvalue weighted by Crippen LogP contribution is -2.18. The van der Waals surface area contributed by atoms with Gasteiger partial charge in [0, 0.05) is 0 Å². The van der Waals surface area contributed by atoms with Crippen molar-refractivity contribution >= 4 is 11.6 Å². The summed E-state index contributed by atoms with van der Waals surface area (Å²) in [6, 6.07) is 4.23. The summed E-state index contributed by atoms with van der Waals surface area (Å²) in [5.74, 6) is 0.276. The molecule has 0 spiro atoms. The van der Waals surface area contributed by atoms with E-state index in [1.807, 2.05) is 0 Å². The van der Waals surface area contributed by atoms with Gasteiger partial charge in [-0.05, 0) is 24.3 Å². The van der Waals surface area contributed by atoms with Crippen LogP contribution in [-0.4, -0.2) is 23.7 Å². The molecule has 0 aliphatic heterocycles. The highest BCUT2D eigenvalue weighted by atomic mass is 35.5. The number of ether oxygens (including phenoxy) is 1.